The van der Waals surface area contributed by atoms with Crippen molar-refractivity contribution in [2.75, 3.05) is 19.8 Å². The van der Waals surface area contributed by atoms with E-state index >= 15 is 0 Å². The van der Waals surface area contributed by atoms with Crippen molar-refractivity contribution in [3.05, 3.63) is 34.9 Å². The summed E-state index contributed by atoms with van der Waals surface area (Å²) >= 11 is 0. The van der Waals surface area contributed by atoms with E-state index in [1.54, 1.807) is 0 Å². The lowest BCUT2D eigenvalue weighted by atomic mass is 9.99. The molecule has 0 aromatic heterocycles. The SMILES string of the molecule is CCNC(CCOCC(F)F)Cc1ccc(C)c(C)c1. The number of nitrogens with one attached hydrogen (secondary N) is 1. The maximum absolute atomic E-state index is 12.0. The summed E-state index contributed by atoms with van der Waals surface area (Å²) < 4.78 is 29.0. The van der Waals surface area contributed by atoms with E-state index in [-0.39, 0.29) is 6.04 Å². The number of likely N-dealkylation sites (N-methyl/N-ethyl adjacent to an activating group) is 1. The van der Waals surface area contributed by atoms with E-state index < -0.39 is 13.0 Å². The van der Waals surface area contributed by atoms with Gasteiger partial charge in [-0.1, -0.05) is 25.1 Å². The first-order valence-electron chi connectivity index (χ1n) is 7.18. The van der Waals surface area contributed by atoms with Crippen LogP contribution in [0.2, 0.25) is 0 Å². The highest BCUT2D eigenvalue weighted by molar-refractivity contribution is 5.30. The molecule has 1 aromatic rings. The third-order valence-corrected chi connectivity index (χ3v) is 3.40. The van der Waals surface area contributed by atoms with Crippen LogP contribution in [0.15, 0.2) is 18.2 Å². The minimum Gasteiger partial charge on any atom is -0.375 e. The summed E-state index contributed by atoms with van der Waals surface area (Å²) in [6, 6.07) is 6.72. The largest absolute Gasteiger partial charge is 0.375 e. The Labute approximate surface area is 120 Å². The lowest BCUT2D eigenvalue weighted by Gasteiger charge is -2.18. The summed E-state index contributed by atoms with van der Waals surface area (Å²) in [5.74, 6) is 0. The molecule has 0 radical (unpaired) electrons. The Morgan fingerprint density at radius 2 is 1.95 bits per heavy atom. The minimum atomic E-state index is -2.38. The molecular weight excluding hydrogens is 260 g/mol. The van der Waals surface area contributed by atoms with Crippen molar-refractivity contribution >= 4 is 0 Å². The fourth-order valence-corrected chi connectivity index (χ4v) is 2.18. The number of hydrogen-bond acceptors (Lipinski definition) is 2. The van der Waals surface area contributed by atoms with Gasteiger partial charge in [0.15, 0.2) is 0 Å². The highest BCUT2D eigenvalue weighted by atomic mass is 19.3. The third kappa shape index (κ3) is 6.44. The van der Waals surface area contributed by atoms with Gasteiger partial charge in [-0.2, -0.15) is 0 Å². The molecule has 1 N–H and O–H groups in total. The smallest absolute Gasteiger partial charge is 0.261 e. The fourth-order valence-electron chi connectivity index (χ4n) is 2.18. The van der Waals surface area contributed by atoms with E-state index in [1.165, 1.54) is 16.7 Å². The molecule has 4 heteroatoms. The average molecular weight is 285 g/mol. The van der Waals surface area contributed by atoms with Gasteiger partial charge >= 0.3 is 0 Å². The molecule has 1 atom stereocenters. The Kier molecular flexibility index (Phi) is 7.70. The van der Waals surface area contributed by atoms with Crippen molar-refractivity contribution in [2.24, 2.45) is 0 Å². The maximum Gasteiger partial charge on any atom is 0.261 e. The van der Waals surface area contributed by atoms with Crippen LogP contribution in [0.25, 0.3) is 0 Å². The van der Waals surface area contributed by atoms with Gasteiger partial charge in [0.05, 0.1) is 0 Å². The van der Waals surface area contributed by atoms with Gasteiger partial charge in [-0.05, 0) is 49.9 Å². The zero-order chi connectivity index (χ0) is 15.0. The molecule has 0 aliphatic heterocycles. The van der Waals surface area contributed by atoms with Crippen LogP contribution in [0.5, 0.6) is 0 Å². The van der Waals surface area contributed by atoms with Crippen LogP contribution in [0.1, 0.15) is 30.0 Å². The predicted octanol–water partition coefficient (Wildman–Crippen LogP) is 3.50. The second-order valence-corrected chi connectivity index (χ2v) is 5.13. The topological polar surface area (TPSA) is 21.3 Å². The molecule has 0 bridgehead atoms. The lowest BCUT2D eigenvalue weighted by Crippen LogP contribution is -2.32. The second-order valence-electron chi connectivity index (χ2n) is 5.13. The van der Waals surface area contributed by atoms with E-state index in [2.05, 4.69) is 37.4 Å². The number of aryl methyl sites for hydroxylation is 2. The van der Waals surface area contributed by atoms with Gasteiger partial charge in [-0.25, -0.2) is 8.78 Å². The van der Waals surface area contributed by atoms with Crippen LogP contribution in [0.3, 0.4) is 0 Å². The standard InChI is InChI=1S/C16H25F2NO/c1-4-19-15(7-8-20-11-16(17)18)10-14-6-5-12(2)13(3)9-14/h5-6,9,15-16,19H,4,7-8,10-11H2,1-3H3. The van der Waals surface area contributed by atoms with E-state index in [0.717, 1.165) is 19.4 Å². The van der Waals surface area contributed by atoms with Gasteiger partial charge < -0.3 is 10.1 Å². The van der Waals surface area contributed by atoms with Crippen LogP contribution >= 0.6 is 0 Å². The number of ether oxygens (including phenoxy) is 1. The molecular formula is C16H25F2NO. The van der Waals surface area contributed by atoms with E-state index in [9.17, 15) is 8.78 Å². The van der Waals surface area contributed by atoms with Crippen LogP contribution < -0.4 is 5.32 Å². The van der Waals surface area contributed by atoms with Gasteiger partial charge in [0.2, 0.25) is 0 Å². The molecule has 1 aromatic carbocycles. The summed E-state index contributed by atoms with van der Waals surface area (Å²) in [5.41, 5.74) is 3.84. The summed E-state index contributed by atoms with van der Waals surface area (Å²) in [7, 11) is 0. The predicted molar refractivity (Wildman–Crippen MR) is 78.5 cm³/mol. The Morgan fingerprint density at radius 1 is 1.20 bits per heavy atom. The van der Waals surface area contributed by atoms with Crippen LogP contribution in [0, 0.1) is 13.8 Å². The molecule has 0 aliphatic carbocycles. The summed E-state index contributed by atoms with van der Waals surface area (Å²) in [5, 5.41) is 3.39. The summed E-state index contributed by atoms with van der Waals surface area (Å²) in [4.78, 5) is 0. The Bertz CT molecular complexity index is 396. The summed E-state index contributed by atoms with van der Waals surface area (Å²) in [6.45, 7) is 7.01. The monoisotopic (exact) mass is 285 g/mol. The summed E-state index contributed by atoms with van der Waals surface area (Å²) in [6.07, 6.45) is -0.743. The molecule has 0 heterocycles. The molecule has 0 saturated carbocycles. The highest BCUT2D eigenvalue weighted by Gasteiger charge is 2.10. The lowest BCUT2D eigenvalue weighted by molar-refractivity contribution is 0.0144. The van der Waals surface area contributed by atoms with Crippen LogP contribution in [-0.4, -0.2) is 32.2 Å². The van der Waals surface area contributed by atoms with E-state index in [4.69, 9.17) is 4.74 Å². The molecule has 20 heavy (non-hydrogen) atoms. The minimum absolute atomic E-state index is 0.264. The van der Waals surface area contributed by atoms with Crippen molar-refractivity contribution in [3.8, 4) is 0 Å². The number of hydrogen-bond donors (Lipinski definition) is 1. The Hall–Kier alpha value is -1.00. The van der Waals surface area contributed by atoms with Gasteiger partial charge in [0.25, 0.3) is 6.43 Å². The molecule has 0 saturated heterocycles. The number of halogens is 2. The zero-order valence-electron chi connectivity index (χ0n) is 12.6. The van der Waals surface area contributed by atoms with Crippen LogP contribution in [0.4, 0.5) is 8.78 Å². The zero-order valence-corrected chi connectivity index (χ0v) is 12.6. The third-order valence-electron chi connectivity index (χ3n) is 3.40. The Balaban J connectivity index is 2.46. The van der Waals surface area contributed by atoms with Crippen molar-refractivity contribution < 1.29 is 13.5 Å². The van der Waals surface area contributed by atoms with E-state index in [1.807, 2.05) is 6.92 Å². The highest BCUT2D eigenvalue weighted by Crippen LogP contribution is 2.13. The molecule has 1 rings (SSSR count). The van der Waals surface area contributed by atoms with Crippen molar-refractivity contribution in [1.29, 1.82) is 0 Å². The number of rotatable bonds is 9. The molecule has 114 valence electrons. The quantitative estimate of drug-likeness (QED) is 0.701. The van der Waals surface area contributed by atoms with Gasteiger partial charge in [-0.3, -0.25) is 0 Å². The molecule has 2 nitrogen and oxygen atoms in total. The van der Waals surface area contributed by atoms with Crippen molar-refractivity contribution in [3.63, 3.8) is 0 Å². The molecule has 0 aliphatic rings. The van der Waals surface area contributed by atoms with Crippen molar-refractivity contribution in [1.82, 2.24) is 5.32 Å². The van der Waals surface area contributed by atoms with Gasteiger partial charge in [-0.15, -0.1) is 0 Å². The normalized spacial score (nSPS) is 12.9. The van der Waals surface area contributed by atoms with Gasteiger partial charge in [0, 0.05) is 12.6 Å². The molecule has 0 amide bonds. The number of benzene rings is 1. The molecule has 0 fully saturated rings. The maximum atomic E-state index is 12.0. The first-order valence-corrected chi connectivity index (χ1v) is 7.18. The second kappa shape index (κ2) is 9.03. The first-order chi connectivity index (χ1) is 9.52. The Morgan fingerprint density at radius 3 is 2.55 bits per heavy atom. The van der Waals surface area contributed by atoms with E-state index in [0.29, 0.717) is 6.61 Å². The molecule has 0 spiro atoms. The van der Waals surface area contributed by atoms with Crippen LogP contribution in [-0.2, 0) is 11.2 Å². The number of alkyl halides is 2. The van der Waals surface area contributed by atoms with Crippen molar-refractivity contribution in [2.45, 2.75) is 46.1 Å². The fraction of sp³-hybridized carbons (Fsp3) is 0.625. The van der Waals surface area contributed by atoms with Gasteiger partial charge in [0.1, 0.15) is 6.61 Å². The first kappa shape index (κ1) is 17.1. The average Bonchev–Trinajstić information content (AvgIpc) is 2.39. The molecule has 1 unspecified atom stereocenters.